The fourth-order valence-electron chi connectivity index (χ4n) is 8.25. The second kappa shape index (κ2) is 36.8. The highest BCUT2D eigenvalue weighted by atomic mass is 16.5. The van der Waals surface area contributed by atoms with Gasteiger partial charge in [0.05, 0.1) is 13.2 Å². The number of hydrogen-bond acceptors (Lipinski definition) is 6. The van der Waals surface area contributed by atoms with E-state index in [1.54, 1.807) is 0 Å². The third kappa shape index (κ3) is 28.3. The zero-order valence-electron chi connectivity index (χ0n) is 35.1. The van der Waals surface area contributed by atoms with E-state index in [1.165, 1.54) is 154 Å². The van der Waals surface area contributed by atoms with Crippen molar-refractivity contribution in [1.82, 2.24) is 4.90 Å². The number of unbranched alkanes of at least 4 members (excludes halogenated alkanes) is 22. The molecule has 1 aliphatic rings. The van der Waals surface area contributed by atoms with Crippen LogP contribution in [0.1, 0.15) is 245 Å². The lowest BCUT2D eigenvalue weighted by molar-refractivity contribution is -0.150. The van der Waals surface area contributed by atoms with E-state index in [9.17, 15) is 14.7 Å². The Hall–Kier alpha value is -1.14. The number of carbonyl (C=O) groups is 2. The van der Waals surface area contributed by atoms with E-state index >= 15 is 0 Å². The number of β-amino-alcohol motifs (C(OH)–C–C–N with tert-alkyl or cyclic N) is 1. The third-order valence-corrected chi connectivity index (χ3v) is 11.5. The molecule has 308 valence electrons. The number of aliphatic hydroxyl groups excluding tert-OH is 1. The number of esters is 2. The maximum atomic E-state index is 12.8. The molecule has 0 radical (unpaired) electrons. The Balaban J connectivity index is 2.19. The normalized spacial score (nSPS) is 16.8. The summed E-state index contributed by atoms with van der Waals surface area (Å²) in [5.74, 6) is -0.0215. The number of hydrogen-bond donors (Lipinski definition) is 1. The molecular weight excluding hydrogens is 647 g/mol. The predicted octanol–water partition coefficient (Wildman–Crippen LogP) is 13.2. The minimum absolute atomic E-state index is 0.0151. The molecule has 3 unspecified atom stereocenters. The summed E-state index contributed by atoms with van der Waals surface area (Å²) in [6.45, 7) is 8.32. The van der Waals surface area contributed by atoms with Crippen molar-refractivity contribution in [3.8, 4) is 0 Å². The molecule has 1 fully saturated rings. The fourth-order valence-corrected chi connectivity index (χ4v) is 8.25. The summed E-state index contributed by atoms with van der Waals surface area (Å²) in [5.41, 5.74) is 0. The molecule has 1 rings (SSSR count). The second-order valence-corrected chi connectivity index (χ2v) is 16.3. The minimum atomic E-state index is -0.0366. The van der Waals surface area contributed by atoms with Gasteiger partial charge in [-0.1, -0.05) is 162 Å². The van der Waals surface area contributed by atoms with E-state index in [4.69, 9.17) is 9.47 Å². The lowest BCUT2D eigenvalue weighted by atomic mass is 10.0. The molecule has 6 nitrogen and oxygen atoms in total. The van der Waals surface area contributed by atoms with Gasteiger partial charge >= 0.3 is 11.9 Å². The van der Waals surface area contributed by atoms with Gasteiger partial charge < -0.3 is 14.6 Å². The van der Waals surface area contributed by atoms with E-state index in [0.29, 0.717) is 31.5 Å². The van der Waals surface area contributed by atoms with Gasteiger partial charge in [0, 0.05) is 31.5 Å². The van der Waals surface area contributed by atoms with Crippen molar-refractivity contribution in [2.75, 3.05) is 19.8 Å². The largest absolute Gasteiger partial charge is 0.466 e. The summed E-state index contributed by atoms with van der Waals surface area (Å²) < 4.78 is 11.5. The highest BCUT2D eigenvalue weighted by Gasteiger charge is 2.32. The van der Waals surface area contributed by atoms with Crippen LogP contribution in [0.4, 0.5) is 0 Å². The Labute approximate surface area is 323 Å². The molecule has 1 heterocycles. The molecule has 3 atom stereocenters. The second-order valence-electron chi connectivity index (χ2n) is 16.3. The van der Waals surface area contributed by atoms with Gasteiger partial charge in [-0.25, -0.2) is 0 Å². The molecule has 6 heteroatoms. The van der Waals surface area contributed by atoms with Crippen LogP contribution in [0.25, 0.3) is 0 Å². The summed E-state index contributed by atoms with van der Waals surface area (Å²) in [5, 5.41) is 9.79. The molecule has 0 spiro atoms. The van der Waals surface area contributed by atoms with Crippen LogP contribution in [0.5, 0.6) is 0 Å². The Morgan fingerprint density at radius 2 is 0.942 bits per heavy atom. The van der Waals surface area contributed by atoms with E-state index < -0.39 is 0 Å². The van der Waals surface area contributed by atoms with Gasteiger partial charge in [-0.3, -0.25) is 14.5 Å². The van der Waals surface area contributed by atoms with Crippen molar-refractivity contribution in [3.05, 3.63) is 0 Å². The number of likely N-dealkylation sites (tertiary alicyclic amines) is 1. The number of ether oxygens (including phenoxy) is 2. The van der Waals surface area contributed by atoms with Crippen LogP contribution in [-0.2, 0) is 19.1 Å². The molecule has 0 bridgehead atoms. The first-order valence-corrected chi connectivity index (χ1v) is 23.3. The van der Waals surface area contributed by atoms with E-state index in [2.05, 4.69) is 25.7 Å². The average molecular weight is 736 g/mol. The quantitative estimate of drug-likeness (QED) is 0.0500. The Morgan fingerprint density at radius 3 is 1.46 bits per heavy atom. The minimum Gasteiger partial charge on any atom is -0.466 e. The number of carbonyl (C=O) groups excluding carboxylic acids is 2. The standard InChI is InChI=1S/C46H89NO5/c1-4-7-10-13-15-16-18-23-30-41-51-45(49)35-29-28-32-43-38-37-42(47(43)39-40-48)31-24-21-22-27-36-46(50)52-44(33-25-19-12-9-6-3)34-26-20-17-14-11-8-5-2/h42-44,48H,4-41H2,1-3H3. The maximum Gasteiger partial charge on any atom is 0.306 e. The van der Waals surface area contributed by atoms with Crippen LogP contribution in [0.15, 0.2) is 0 Å². The van der Waals surface area contributed by atoms with Crippen molar-refractivity contribution in [2.24, 2.45) is 0 Å². The molecule has 0 saturated carbocycles. The van der Waals surface area contributed by atoms with Gasteiger partial charge in [0.15, 0.2) is 0 Å². The molecule has 1 aliphatic heterocycles. The Kier molecular flexibility index (Phi) is 34.6. The molecule has 1 saturated heterocycles. The summed E-state index contributed by atoms with van der Waals surface area (Å²) in [7, 11) is 0. The van der Waals surface area contributed by atoms with Gasteiger partial charge in [0.2, 0.25) is 0 Å². The summed E-state index contributed by atoms with van der Waals surface area (Å²) in [6.07, 6.45) is 41.1. The zero-order chi connectivity index (χ0) is 37.7. The Morgan fingerprint density at radius 1 is 0.538 bits per heavy atom. The maximum absolute atomic E-state index is 12.8. The van der Waals surface area contributed by atoms with Gasteiger partial charge in [0.1, 0.15) is 6.10 Å². The Bertz CT molecular complexity index is 791. The topological polar surface area (TPSA) is 76.1 Å². The highest BCUT2D eigenvalue weighted by molar-refractivity contribution is 5.69. The van der Waals surface area contributed by atoms with Gasteiger partial charge in [-0.05, 0) is 70.6 Å². The molecule has 1 N–H and O–H groups in total. The first-order valence-electron chi connectivity index (χ1n) is 23.3. The van der Waals surface area contributed by atoms with Crippen LogP contribution in [0.2, 0.25) is 0 Å². The molecule has 0 aromatic carbocycles. The summed E-state index contributed by atoms with van der Waals surface area (Å²) >= 11 is 0. The predicted molar refractivity (Wildman–Crippen MR) is 221 cm³/mol. The SMILES string of the molecule is CCCCCCCCCCCOC(=O)CCCCC1CCC(CCCCCCC(=O)OC(CCCCCCC)CCCCCCCCC)N1CCO. The summed E-state index contributed by atoms with van der Waals surface area (Å²) in [4.78, 5) is 27.6. The zero-order valence-corrected chi connectivity index (χ0v) is 35.1. The number of rotatable bonds is 39. The lowest BCUT2D eigenvalue weighted by Gasteiger charge is -2.29. The van der Waals surface area contributed by atoms with Gasteiger partial charge in [-0.2, -0.15) is 0 Å². The molecule has 0 aromatic rings. The third-order valence-electron chi connectivity index (χ3n) is 11.5. The van der Waals surface area contributed by atoms with Crippen molar-refractivity contribution in [3.63, 3.8) is 0 Å². The smallest absolute Gasteiger partial charge is 0.306 e. The highest BCUT2D eigenvalue weighted by Crippen LogP contribution is 2.31. The van der Waals surface area contributed by atoms with E-state index in [1.807, 2.05) is 0 Å². The molecule has 0 aromatic heterocycles. The van der Waals surface area contributed by atoms with Crippen LogP contribution in [0, 0.1) is 0 Å². The molecular formula is C46H89NO5. The fraction of sp³-hybridized carbons (Fsp3) is 0.957. The van der Waals surface area contributed by atoms with Crippen molar-refractivity contribution < 1.29 is 24.2 Å². The number of nitrogens with zero attached hydrogens (tertiary/aromatic N) is 1. The number of aliphatic hydroxyl groups is 1. The van der Waals surface area contributed by atoms with Crippen molar-refractivity contribution in [1.29, 1.82) is 0 Å². The average Bonchev–Trinajstić information content (AvgIpc) is 3.52. The van der Waals surface area contributed by atoms with Crippen LogP contribution in [-0.4, -0.2) is 59.9 Å². The lowest BCUT2D eigenvalue weighted by Crippen LogP contribution is -2.38. The molecule has 0 aliphatic carbocycles. The van der Waals surface area contributed by atoms with Crippen LogP contribution < -0.4 is 0 Å². The van der Waals surface area contributed by atoms with E-state index in [-0.39, 0.29) is 24.6 Å². The first kappa shape index (κ1) is 48.9. The van der Waals surface area contributed by atoms with Crippen LogP contribution in [0.3, 0.4) is 0 Å². The van der Waals surface area contributed by atoms with Crippen molar-refractivity contribution >= 4 is 11.9 Å². The molecule has 0 amide bonds. The summed E-state index contributed by atoms with van der Waals surface area (Å²) in [6, 6.07) is 1.07. The van der Waals surface area contributed by atoms with Gasteiger partial charge in [-0.15, -0.1) is 0 Å². The first-order chi connectivity index (χ1) is 25.5. The van der Waals surface area contributed by atoms with Crippen molar-refractivity contribution in [2.45, 2.75) is 264 Å². The van der Waals surface area contributed by atoms with Gasteiger partial charge in [0.25, 0.3) is 0 Å². The monoisotopic (exact) mass is 736 g/mol. The van der Waals surface area contributed by atoms with Crippen LogP contribution >= 0.6 is 0 Å². The van der Waals surface area contributed by atoms with E-state index in [0.717, 1.165) is 64.3 Å². The molecule has 52 heavy (non-hydrogen) atoms.